The summed E-state index contributed by atoms with van der Waals surface area (Å²) in [5.41, 5.74) is -4.92. The predicted molar refractivity (Wildman–Crippen MR) is 202 cm³/mol. The Balaban J connectivity index is 0.00000585. The van der Waals surface area contributed by atoms with Crippen molar-refractivity contribution < 1.29 is 106 Å². The molecule has 7 aliphatic rings. The molecule has 3 heterocycles. The summed E-state index contributed by atoms with van der Waals surface area (Å²) < 4.78 is 69.5. The van der Waals surface area contributed by atoms with E-state index in [0.717, 1.165) is 24.8 Å². The monoisotopic (exact) mass is 868 g/mol. The molecule has 7 rings (SSSR count). The number of aliphatic hydroxyl groups is 6. The molecule has 16 nitrogen and oxygen atoms in total. The smallest absolute Gasteiger partial charge is 0.726 e. The Hall–Kier alpha value is -0.320. The number of esters is 1. The number of cyclic esters (lactones) is 1. The molecular weight excluding hydrogens is 803 g/mol. The van der Waals surface area contributed by atoms with Crippen LogP contribution in [0.15, 0.2) is 11.6 Å². The summed E-state index contributed by atoms with van der Waals surface area (Å²) >= 11 is 0. The van der Waals surface area contributed by atoms with Crippen LogP contribution in [-0.2, 0) is 43.1 Å². The minimum absolute atomic E-state index is 0. The Morgan fingerprint density at radius 3 is 2.24 bits per heavy atom. The van der Waals surface area contributed by atoms with E-state index >= 15 is 0 Å². The van der Waals surface area contributed by atoms with Crippen LogP contribution in [0.4, 0.5) is 0 Å². The molecule has 0 amide bonds. The average Bonchev–Trinajstić information content (AvgIpc) is 3.48. The van der Waals surface area contributed by atoms with Crippen molar-refractivity contribution in [2.24, 2.45) is 39.4 Å². The summed E-state index contributed by atoms with van der Waals surface area (Å²) in [6, 6.07) is 0. The van der Waals surface area contributed by atoms with Gasteiger partial charge in [-0.3, -0.25) is 8.98 Å². The standard InChI is InChI=1S/C41H66O16S.Na/c1-20(2)10-9-14-39(8)40(48)17-16-38(7)22-11-12-25-36(4,5)27(13-15-37(25,6)23(22)18-26(42)41(38,40)35(47)56-39)54-34-32(29(44)24(19-52-34)57-58(49,50)51)55-33-31(46)30(45)28(43)21(3)53-33;/h18,20-22,24-34,42-46,48H,9-17,19H2,1-8H3,(H,49,50,51);/q;+1/p-1/t21?,22-,24-,25+,26+,27+,28-,29?,30?,31?,32?,33+,34+,37-,38+,39+,40+,41?;/m1./s1. The van der Waals surface area contributed by atoms with Crippen LogP contribution in [0.3, 0.4) is 0 Å². The Morgan fingerprint density at radius 2 is 1.59 bits per heavy atom. The molecule has 6 unspecified atom stereocenters. The van der Waals surface area contributed by atoms with Crippen molar-refractivity contribution in [3.63, 3.8) is 0 Å². The van der Waals surface area contributed by atoms with Gasteiger partial charge in [0, 0.05) is 0 Å². The fourth-order valence-corrected chi connectivity index (χ4v) is 13.6. The van der Waals surface area contributed by atoms with E-state index in [1.165, 1.54) is 6.92 Å². The maximum atomic E-state index is 14.3. The summed E-state index contributed by atoms with van der Waals surface area (Å²) in [5, 5.41) is 67.8. The van der Waals surface area contributed by atoms with Gasteiger partial charge in [0.25, 0.3) is 0 Å². The number of hydrogen-bond acceptors (Lipinski definition) is 16. The van der Waals surface area contributed by atoms with Crippen molar-refractivity contribution in [1.82, 2.24) is 0 Å². The summed E-state index contributed by atoms with van der Waals surface area (Å²) in [6.45, 7) is 15.4. The van der Waals surface area contributed by atoms with Gasteiger partial charge in [0.1, 0.15) is 53.2 Å². The first-order chi connectivity index (χ1) is 26.8. The second kappa shape index (κ2) is 16.3. The molecule has 18 heteroatoms. The molecule has 332 valence electrons. The van der Waals surface area contributed by atoms with E-state index < -0.39 is 123 Å². The second-order valence-corrected chi connectivity index (χ2v) is 21.2. The van der Waals surface area contributed by atoms with Crippen LogP contribution in [0, 0.1) is 39.4 Å². The van der Waals surface area contributed by atoms with Crippen molar-refractivity contribution in [2.45, 2.75) is 192 Å². The summed E-state index contributed by atoms with van der Waals surface area (Å²) in [4.78, 5) is 14.3. The molecule has 0 aromatic carbocycles. The van der Waals surface area contributed by atoms with Gasteiger partial charge in [0.15, 0.2) is 12.6 Å². The van der Waals surface area contributed by atoms with Crippen LogP contribution in [0.1, 0.15) is 113 Å². The number of rotatable bonds is 10. The van der Waals surface area contributed by atoms with Crippen molar-refractivity contribution in [1.29, 1.82) is 0 Å². The molecule has 3 saturated carbocycles. The molecule has 0 aromatic heterocycles. The predicted octanol–water partition coefficient (Wildman–Crippen LogP) is -1.04. The van der Waals surface area contributed by atoms with E-state index in [4.69, 9.17) is 23.7 Å². The van der Waals surface area contributed by atoms with E-state index in [9.17, 15) is 48.4 Å². The fraction of sp³-hybridized carbons (Fsp3) is 0.927. The number of hydrogen-bond donors (Lipinski definition) is 6. The zero-order valence-electron chi connectivity index (χ0n) is 35.9. The second-order valence-electron chi connectivity index (χ2n) is 20.2. The minimum Gasteiger partial charge on any atom is -0.726 e. The number of carbonyl (C=O) groups excluding carboxylic acids is 1. The topological polar surface area (TPSA) is 251 Å². The van der Waals surface area contributed by atoms with Crippen LogP contribution in [-0.4, -0.2) is 135 Å². The Labute approximate surface area is 369 Å². The van der Waals surface area contributed by atoms with Crippen LogP contribution >= 0.6 is 0 Å². The zero-order chi connectivity index (χ0) is 42.8. The molecule has 59 heavy (non-hydrogen) atoms. The average molecular weight is 869 g/mol. The van der Waals surface area contributed by atoms with Gasteiger partial charge in [0.05, 0.1) is 24.9 Å². The molecule has 6 N–H and O–H groups in total. The number of carbonyl (C=O) groups is 1. The van der Waals surface area contributed by atoms with Crippen LogP contribution in [0.25, 0.3) is 0 Å². The van der Waals surface area contributed by atoms with E-state index in [2.05, 4.69) is 45.7 Å². The Morgan fingerprint density at radius 1 is 0.915 bits per heavy atom. The van der Waals surface area contributed by atoms with Gasteiger partial charge < -0.3 is 58.9 Å². The molecular formula is C41H65NaO16S. The van der Waals surface area contributed by atoms with Crippen molar-refractivity contribution in [3.05, 3.63) is 11.6 Å². The normalized spacial score (nSPS) is 50.5. The van der Waals surface area contributed by atoms with E-state index in [0.29, 0.717) is 44.4 Å². The van der Waals surface area contributed by atoms with Crippen molar-refractivity contribution in [3.8, 4) is 0 Å². The molecule has 0 aromatic rings. The van der Waals surface area contributed by atoms with Gasteiger partial charge in [-0.15, -0.1) is 0 Å². The maximum Gasteiger partial charge on any atom is 1.00 e. The number of allylic oxidation sites excluding steroid dienone is 1. The minimum atomic E-state index is -5.28. The van der Waals surface area contributed by atoms with Crippen LogP contribution < -0.4 is 29.6 Å². The largest absolute Gasteiger partial charge is 1.00 e. The van der Waals surface area contributed by atoms with Gasteiger partial charge >= 0.3 is 35.5 Å². The number of aliphatic hydroxyl groups excluding tert-OH is 5. The van der Waals surface area contributed by atoms with Gasteiger partial charge in [-0.2, -0.15) is 0 Å². The van der Waals surface area contributed by atoms with E-state index in [1.54, 1.807) is 0 Å². The zero-order valence-corrected chi connectivity index (χ0v) is 38.7. The SMILES string of the molecule is CC(C)CCC[C@]1(C)OC(=O)C23[C@@H](O)C=C4[C@@H](CC[C@H]5C(C)(C)[C@@H](O[C@@H]6OC[C@@H](OS(=O)(=O)[O-])C(O)C6O[C@@H]6OC(C)[C@@H](O)C(O)C6O)CC[C@]45C)[C@]2(C)CC[C@@]31O.[Na+]. The molecule has 6 fully saturated rings. The fourth-order valence-electron chi connectivity index (χ4n) is 13.2. The molecule has 0 radical (unpaired) electrons. The number of ether oxygens (including phenoxy) is 5. The van der Waals surface area contributed by atoms with Crippen LogP contribution in [0.5, 0.6) is 0 Å². The summed E-state index contributed by atoms with van der Waals surface area (Å²) in [5.74, 6) is -0.183. The van der Waals surface area contributed by atoms with Gasteiger partial charge in [-0.25, -0.2) is 8.42 Å². The maximum absolute atomic E-state index is 14.3. The third-order valence-electron chi connectivity index (χ3n) is 16.3. The summed E-state index contributed by atoms with van der Waals surface area (Å²) in [6.07, 6.45) is -8.27. The third-order valence-corrected chi connectivity index (χ3v) is 16.8. The van der Waals surface area contributed by atoms with Gasteiger partial charge in [-0.05, 0) is 99.2 Å². The molecule has 3 saturated heterocycles. The number of fused-ring (bicyclic) bond motifs is 4. The van der Waals surface area contributed by atoms with Crippen LogP contribution in [0.2, 0.25) is 0 Å². The molecule has 18 atom stereocenters. The molecule has 3 aliphatic heterocycles. The first-order valence-corrected chi connectivity index (χ1v) is 22.4. The van der Waals surface area contributed by atoms with Gasteiger partial charge in [-0.1, -0.05) is 59.6 Å². The quantitative estimate of drug-likeness (QED) is 0.0383. The first kappa shape index (κ1) is 48.1. The Kier molecular flexibility index (Phi) is 13.3. The Bertz CT molecular complexity index is 1730. The summed E-state index contributed by atoms with van der Waals surface area (Å²) in [7, 11) is -5.28. The van der Waals surface area contributed by atoms with Crippen molar-refractivity contribution in [2.75, 3.05) is 6.61 Å². The van der Waals surface area contributed by atoms with Gasteiger partial charge in [0.2, 0.25) is 10.4 Å². The molecule has 0 bridgehead atoms. The third kappa shape index (κ3) is 7.28. The molecule has 1 spiro atoms. The van der Waals surface area contributed by atoms with E-state index in [-0.39, 0.29) is 41.4 Å². The first-order valence-electron chi connectivity index (χ1n) is 21.1. The molecule has 4 aliphatic carbocycles. The van der Waals surface area contributed by atoms with E-state index in [1.807, 2.05) is 13.0 Å². The van der Waals surface area contributed by atoms with Crippen molar-refractivity contribution >= 4 is 16.4 Å².